The number of phenolic OH excluding ortho intramolecular Hbond substituents is 1. The maximum atomic E-state index is 12.8. The van der Waals surface area contributed by atoms with Crippen molar-refractivity contribution in [3.63, 3.8) is 0 Å². The fourth-order valence-corrected chi connectivity index (χ4v) is 3.62. The van der Waals surface area contributed by atoms with Crippen molar-refractivity contribution < 1.29 is 19.4 Å². The fraction of sp³-hybridized carbons (Fsp3) is 0.100. The number of anilines is 1. The first-order chi connectivity index (χ1) is 13.0. The molecule has 2 aromatic carbocycles. The summed E-state index contributed by atoms with van der Waals surface area (Å²) in [7, 11) is 0. The average Bonchev–Trinajstić information content (AvgIpc) is 2.92. The van der Waals surface area contributed by atoms with Gasteiger partial charge in [-0.25, -0.2) is 4.79 Å². The van der Waals surface area contributed by atoms with Crippen molar-refractivity contribution in [1.82, 2.24) is 0 Å². The van der Waals surface area contributed by atoms with Gasteiger partial charge >= 0.3 is 5.97 Å². The van der Waals surface area contributed by atoms with E-state index in [1.807, 2.05) is 0 Å². The van der Waals surface area contributed by atoms with E-state index in [0.717, 1.165) is 11.8 Å². The number of carbonyl (C=O) groups is 2. The molecule has 0 amide bonds. The molecule has 3 rings (SSSR count). The molecule has 0 aromatic heterocycles. The molecule has 0 unspecified atom stereocenters. The van der Waals surface area contributed by atoms with Crippen molar-refractivity contribution in [3.8, 4) is 5.75 Å². The van der Waals surface area contributed by atoms with E-state index in [1.165, 1.54) is 6.07 Å². The van der Waals surface area contributed by atoms with E-state index in [9.17, 15) is 14.7 Å². The van der Waals surface area contributed by atoms with Gasteiger partial charge in [-0.3, -0.25) is 4.79 Å². The molecule has 0 fully saturated rings. The standard InChI is InChI=1S/C20H16ClNO4S/c1-2-26-20(25)17-18(24)16(11-12-4-3-5-15(23)10-12)27-19(17)22-14-8-6-13(21)7-9-14/h3-11,22-23H,2H2,1H3/b16-11-. The number of ether oxygens (including phenoxy) is 1. The van der Waals surface area contributed by atoms with E-state index >= 15 is 0 Å². The molecule has 7 heteroatoms. The van der Waals surface area contributed by atoms with Gasteiger partial charge in [0.05, 0.1) is 16.5 Å². The predicted octanol–water partition coefficient (Wildman–Crippen LogP) is 4.59. The Hall–Kier alpha value is -2.70. The van der Waals surface area contributed by atoms with Gasteiger partial charge in [-0.1, -0.05) is 35.5 Å². The summed E-state index contributed by atoms with van der Waals surface area (Å²) < 4.78 is 5.04. The lowest BCUT2D eigenvalue weighted by Gasteiger charge is -2.08. The molecule has 0 radical (unpaired) electrons. The summed E-state index contributed by atoms with van der Waals surface area (Å²) in [5, 5.41) is 13.7. The minimum atomic E-state index is -0.675. The number of aromatic hydroxyl groups is 1. The van der Waals surface area contributed by atoms with Gasteiger partial charge in [-0.2, -0.15) is 0 Å². The van der Waals surface area contributed by atoms with Crippen LogP contribution in [0.4, 0.5) is 5.69 Å². The van der Waals surface area contributed by atoms with Gasteiger partial charge in [-0.05, 0) is 55.0 Å². The van der Waals surface area contributed by atoms with Crippen LogP contribution in [0.3, 0.4) is 0 Å². The molecule has 0 bridgehead atoms. The second-order valence-corrected chi connectivity index (χ2v) is 7.08. The molecule has 0 saturated heterocycles. The van der Waals surface area contributed by atoms with E-state index in [-0.39, 0.29) is 17.9 Å². The highest BCUT2D eigenvalue weighted by Crippen LogP contribution is 2.40. The summed E-state index contributed by atoms with van der Waals surface area (Å²) in [5.74, 6) is -0.998. The number of hydrogen-bond acceptors (Lipinski definition) is 6. The molecule has 0 atom stereocenters. The molecule has 0 saturated carbocycles. The van der Waals surface area contributed by atoms with Crippen LogP contribution in [0.2, 0.25) is 5.02 Å². The van der Waals surface area contributed by atoms with Crippen LogP contribution < -0.4 is 5.32 Å². The van der Waals surface area contributed by atoms with E-state index in [4.69, 9.17) is 16.3 Å². The van der Waals surface area contributed by atoms with Gasteiger partial charge in [-0.15, -0.1) is 0 Å². The Kier molecular flexibility index (Phi) is 5.88. The molecule has 0 aliphatic carbocycles. The number of nitrogens with one attached hydrogen (secondary N) is 1. The second kappa shape index (κ2) is 8.33. The van der Waals surface area contributed by atoms with Gasteiger partial charge in [0.15, 0.2) is 0 Å². The number of carbonyl (C=O) groups excluding carboxylic acids is 2. The van der Waals surface area contributed by atoms with Crippen molar-refractivity contribution in [1.29, 1.82) is 0 Å². The maximum Gasteiger partial charge on any atom is 0.344 e. The van der Waals surface area contributed by atoms with Crippen LogP contribution in [0.15, 0.2) is 64.0 Å². The molecule has 5 nitrogen and oxygen atoms in total. The van der Waals surface area contributed by atoms with Crippen LogP contribution in [0, 0.1) is 0 Å². The molecule has 2 aromatic rings. The molecule has 2 N–H and O–H groups in total. The Balaban J connectivity index is 1.94. The third kappa shape index (κ3) is 4.53. The predicted molar refractivity (Wildman–Crippen MR) is 107 cm³/mol. The molecule has 1 heterocycles. The third-order valence-electron chi connectivity index (χ3n) is 3.64. The van der Waals surface area contributed by atoms with Gasteiger partial charge in [0.2, 0.25) is 5.78 Å². The van der Waals surface area contributed by atoms with Crippen LogP contribution in [0.25, 0.3) is 6.08 Å². The molecular weight excluding hydrogens is 386 g/mol. The first-order valence-corrected chi connectivity index (χ1v) is 9.34. The van der Waals surface area contributed by atoms with Gasteiger partial charge in [0, 0.05) is 10.7 Å². The van der Waals surface area contributed by atoms with Crippen molar-refractivity contribution in [2.24, 2.45) is 0 Å². The van der Waals surface area contributed by atoms with E-state index in [1.54, 1.807) is 55.5 Å². The van der Waals surface area contributed by atoms with Gasteiger partial charge in [0.25, 0.3) is 0 Å². The Labute approximate surface area is 165 Å². The Morgan fingerprint density at radius 2 is 2.00 bits per heavy atom. The quantitative estimate of drug-likeness (QED) is 0.433. The van der Waals surface area contributed by atoms with Crippen molar-refractivity contribution in [2.75, 3.05) is 11.9 Å². The lowest BCUT2D eigenvalue weighted by molar-refractivity contribution is -0.139. The average molecular weight is 402 g/mol. The molecule has 138 valence electrons. The summed E-state index contributed by atoms with van der Waals surface area (Å²) >= 11 is 7.04. The number of esters is 1. The lowest BCUT2D eigenvalue weighted by Crippen LogP contribution is -2.16. The number of ketones is 1. The zero-order chi connectivity index (χ0) is 19.4. The SMILES string of the molecule is CCOC(=O)C1=C(Nc2ccc(Cl)cc2)S/C(=C\c2cccc(O)c2)C1=O. The first kappa shape index (κ1) is 19.1. The summed E-state index contributed by atoms with van der Waals surface area (Å²) in [6.07, 6.45) is 1.63. The summed E-state index contributed by atoms with van der Waals surface area (Å²) in [5.41, 5.74) is 1.31. The van der Waals surface area contributed by atoms with Crippen LogP contribution in [-0.4, -0.2) is 23.5 Å². The Bertz CT molecular complexity index is 951. The highest BCUT2D eigenvalue weighted by Gasteiger charge is 2.35. The number of Topliss-reactive ketones (excluding diaryl/α,β-unsaturated/α-hetero) is 1. The van der Waals surface area contributed by atoms with Crippen molar-refractivity contribution in [3.05, 3.63) is 74.6 Å². The van der Waals surface area contributed by atoms with Crippen LogP contribution in [-0.2, 0) is 14.3 Å². The van der Waals surface area contributed by atoms with Gasteiger partial charge in [0.1, 0.15) is 11.3 Å². The maximum absolute atomic E-state index is 12.8. The zero-order valence-corrected chi connectivity index (χ0v) is 15.9. The number of benzene rings is 2. The molecule has 27 heavy (non-hydrogen) atoms. The monoisotopic (exact) mass is 401 g/mol. The molecular formula is C20H16ClNO4S. The first-order valence-electron chi connectivity index (χ1n) is 8.15. The molecule has 1 aliphatic heterocycles. The van der Waals surface area contributed by atoms with Gasteiger partial charge < -0.3 is 15.2 Å². The number of halogens is 1. The summed E-state index contributed by atoms with van der Waals surface area (Å²) in [6, 6.07) is 13.4. The van der Waals surface area contributed by atoms with Crippen molar-refractivity contribution >= 4 is 46.9 Å². The van der Waals surface area contributed by atoms with Crippen LogP contribution in [0.5, 0.6) is 5.75 Å². The highest BCUT2D eigenvalue weighted by atomic mass is 35.5. The second-order valence-electron chi connectivity index (χ2n) is 5.59. The largest absolute Gasteiger partial charge is 0.508 e. The van der Waals surface area contributed by atoms with Crippen molar-refractivity contribution in [2.45, 2.75) is 6.92 Å². The fourth-order valence-electron chi connectivity index (χ4n) is 2.44. The van der Waals surface area contributed by atoms with E-state index < -0.39 is 11.8 Å². The number of thioether (sulfide) groups is 1. The van der Waals surface area contributed by atoms with Crippen LogP contribution in [0.1, 0.15) is 12.5 Å². The Morgan fingerprint density at radius 3 is 2.67 bits per heavy atom. The van der Waals surface area contributed by atoms with E-state index in [2.05, 4.69) is 5.32 Å². The third-order valence-corrected chi connectivity index (χ3v) is 4.92. The number of allylic oxidation sites excluding steroid dienone is 1. The summed E-state index contributed by atoms with van der Waals surface area (Å²) in [4.78, 5) is 25.5. The Morgan fingerprint density at radius 1 is 1.26 bits per heavy atom. The number of phenols is 1. The minimum Gasteiger partial charge on any atom is -0.508 e. The number of hydrogen-bond donors (Lipinski definition) is 2. The minimum absolute atomic E-state index is 0.0387. The lowest BCUT2D eigenvalue weighted by atomic mass is 10.1. The molecule has 0 spiro atoms. The normalized spacial score (nSPS) is 15.3. The number of rotatable bonds is 5. The van der Waals surface area contributed by atoms with Crippen LogP contribution >= 0.6 is 23.4 Å². The summed E-state index contributed by atoms with van der Waals surface area (Å²) in [6.45, 7) is 1.85. The highest BCUT2D eigenvalue weighted by molar-refractivity contribution is 8.08. The molecule has 1 aliphatic rings. The smallest absolute Gasteiger partial charge is 0.344 e. The topological polar surface area (TPSA) is 75.6 Å². The van der Waals surface area contributed by atoms with E-state index in [0.29, 0.717) is 26.2 Å². The zero-order valence-electron chi connectivity index (χ0n) is 14.4.